The molecule has 1 fully saturated rings. The van der Waals surface area contributed by atoms with Crippen molar-refractivity contribution >= 4 is 0 Å². The van der Waals surface area contributed by atoms with E-state index in [1.807, 2.05) is 13.8 Å². The van der Waals surface area contributed by atoms with E-state index >= 15 is 0 Å². The summed E-state index contributed by atoms with van der Waals surface area (Å²) in [6.07, 6.45) is 6.83. The summed E-state index contributed by atoms with van der Waals surface area (Å²) in [5, 5.41) is 3.65. The molecule has 0 atom stereocenters. The first-order valence-electron chi connectivity index (χ1n) is 9.49. The summed E-state index contributed by atoms with van der Waals surface area (Å²) < 4.78 is 0. The number of nitrogens with zero attached hydrogens (tertiary/aromatic N) is 1. The molecular weight excluding hydrogens is 292 g/mol. The Hall–Kier alpha value is -1.38. The molecule has 0 radical (unpaired) electrons. The van der Waals surface area contributed by atoms with Crippen LogP contribution in [0.1, 0.15) is 46.1 Å². The van der Waals surface area contributed by atoms with E-state index in [1.165, 1.54) is 37.1 Å². The molecule has 2 heteroatoms. The van der Waals surface area contributed by atoms with Crippen molar-refractivity contribution in [2.24, 2.45) is 5.92 Å². The first kappa shape index (κ1) is 20.7. The number of hydrogen-bond donors (Lipinski definition) is 1. The van der Waals surface area contributed by atoms with E-state index in [-0.39, 0.29) is 0 Å². The summed E-state index contributed by atoms with van der Waals surface area (Å²) in [6.45, 7) is 16.9. The normalized spacial score (nSPS) is 16.2. The second-order valence-corrected chi connectivity index (χ2v) is 6.68. The lowest BCUT2D eigenvalue weighted by atomic mass is 10.0. The van der Waals surface area contributed by atoms with Crippen molar-refractivity contribution in [3.05, 3.63) is 60.2 Å². The number of piperidine rings is 1. The largest absolute Gasteiger partial charge is 0.310 e. The molecule has 1 aliphatic heterocycles. The Morgan fingerprint density at radius 3 is 2.42 bits per heavy atom. The van der Waals surface area contributed by atoms with E-state index in [2.05, 4.69) is 73.1 Å². The van der Waals surface area contributed by atoms with Crippen LogP contribution in [0.2, 0.25) is 0 Å². The molecular formula is C22H36N2. The van der Waals surface area contributed by atoms with Crippen LogP contribution in [0.3, 0.4) is 0 Å². The average molecular weight is 329 g/mol. The zero-order valence-electron chi connectivity index (χ0n) is 16.1. The Balaban J connectivity index is 0.00000139. The van der Waals surface area contributed by atoms with Gasteiger partial charge in [0.15, 0.2) is 0 Å². The smallest absolute Gasteiger partial charge is 0.0233 e. The van der Waals surface area contributed by atoms with Gasteiger partial charge in [0.25, 0.3) is 0 Å². The second kappa shape index (κ2) is 12.0. The summed E-state index contributed by atoms with van der Waals surface area (Å²) >= 11 is 0. The van der Waals surface area contributed by atoms with Gasteiger partial charge >= 0.3 is 0 Å². The van der Waals surface area contributed by atoms with E-state index in [0.717, 1.165) is 13.1 Å². The highest BCUT2D eigenvalue weighted by Crippen LogP contribution is 2.14. The lowest BCUT2D eigenvalue weighted by molar-refractivity contribution is 0.192. The lowest BCUT2D eigenvalue weighted by Crippen LogP contribution is -2.42. The average Bonchev–Trinajstić information content (AvgIpc) is 2.62. The summed E-state index contributed by atoms with van der Waals surface area (Å²) in [7, 11) is 0. The summed E-state index contributed by atoms with van der Waals surface area (Å²) in [6, 6.07) is 11.4. The van der Waals surface area contributed by atoms with Crippen LogP contribution in [-0.2, 0) is 6.54 Å². The Kier molecular flexibility index (Phi) is 10.4. The minimum absolute atomic E-state index is 0.595. The molecule has 1 heterocycles. The van der Waals surface area contributed by atoms with Crippen molar-refractivity contribution in [2.75, 3.05) is 19.6 Å². The Morgan fingerprint density at radius 2 is 1.83 bits per heavy atom. The molecule has 0 aromatic heterocycles. The van der Waals surface area contributed by atoms with Gasteiger partial charge in [-0.25, -0.2) is 0 Å². The molecule has 134 valence electrons. The van der Waals surface area contributed by atoms with Gasteiger partial charge in [-0.3, -0.25) is 4.90 Å². The minimum Gasteiger partial charge on any atom is -0.310 e. The van der Waals surface area contributed by atoms with Crippen LogP contribution in [0.15, 0.2) is 54.6 Å². The molecule has 1 saturated heterocycles. The van der Waals surface area contributed by atoms with Crippen LogP contribution in [-0.4, -0.2) is 30.6 Å². The predicted molar refractivity (Wildman–Crippen MR) is 107 cm³/mol. The summed E-state index contributed by atoms with van der Waals surface area (Å²) in [5.41, 5.74) is 2.60. The van der Waals surface area contributed by atoms with E-state index in [9.17, 15) is 0 Å². The number of nitrogens with one attached hydrogen (secondary N) is 1. The molecule has 0 amide bonds. The van der Waals surface area contributed by atoms with Gasteiger partial charge in [-0.15, -0.1) is 0 Å². The maximum atomic E-state index is 4.12. The first-order chi connectivity index (χ1) is 11.6. The Morgan fingerprint density at radius 1 is 1.21 bits per heavy atom. The zero-order valence-corrected chi connectivity index (χ0v) is 16.1. The van der Waals surface area contributed by atoms with E-state index in [1.54, 1.807) is 0 Å². The van der Waals surface area contributed by atoms with Crippen molar-refractivity contribution in [1.29, 1.82) is 0 Å². The number of allylic oxidation sites excluding steroid dienone is 1. The third-order valence-corrected chi connectivity index (χ3v) is 4.17. The van der Waals surface area contributed by atoms with E-state index in [0.29, 0.717) is 12.0 Å². The predicted octanol–water partition coefficient (Wildman–Crippen LogP) is 5.04. The van der Waals surface area contributed by atoms with Gasteiger partial charge in [0.05, 0.1) is 0 Å². The fraction of sp³-hybridized carbons (Fsp3) is 0.545. The molecule has 1 N–H and O–H groups in total. The lowest BCUT2D eigenvalue weighted by Gasteiger charge is -2.32. The van der Waals surface area contributed by atoms with Gasteiger partial charge < -0.3 is 5.32 Å². The topological polar surface area (TPSA) is 15.3 Å². The van der Waals surface area contributed by atoms with Crippen LogP contribution < -0.4 is 5.32 Å². The van der Waals surface area contributed by atoms with Crippen LogP contribution >= 0.6 is 0 Å². The first-order valence-corrected chi connectivity index (χ1v) is 9.49. The third-order valence-electron chi connectivity index (χ3n) is 4.17. The van der Waals surface area contributed by atoms with Gasteiger partial charge in [-0.1, -0.05) is 76.8 Å². The molecule has 2 nitrogen and oxygen atoms in total. The molecule has 0 bridgehead atoms. The monoisotopic (exact) mass is 328 g/mol. The van der Waals surface area contributed by atoms with Gasteiger partial charge in [0.1, 0.15) is 0 Å². The van der Waals surface area contributed by atoms with Crippen LogP contribution in [0, 0.1) is 5.92 Å². The molecule has 1 aromatic rings. The molecule has 0 aliphatic carbocycles. The molecule has 0 spiro atoms. The second-order valence-electron chi connectivity index (χ2n) is 6.68. The Labute approximate surface area is 149 Å². The third kappa shape index (κ3) is 8.47. The molecule has 1 aromatic carbocycles. The molecule has 0 saturated carbocycles. The minimum atomic E-state index is 0.595. The number of rotatable bonds is 7. The van der Waals surface area contributed by atoms with Crippen LogP contribution in [0.5, 0.6) is 0 Å². The highest BCUT2D eigenvalue weighted by Gasteiger charge is 2.18. The number of hydrogen-bond acceptors (Lipinski definition) is 2. The van der Waals surface area contributed by atoms with Gasteiger partial charge in [0.2, 0.25) is 0 Å². The van der Waals surface area contributed by atoms with Crippen molar-refractivity contribution in [3.63, 3.8) is 0 Å². The van der Waals surface area contributed by atoms with Crippen molar-refractivity contribution in [2.45, 2.75) is 53.1 Å². The highest BCUT2D eigenvalue weighted by atomic mass is 15.1. The SMILES string of the molecule is C=C(/C=C\C(C)C)CNC1CCN(Cc2ccccc2)CC1.CC. The maximum absolute atomic E-state index is 4.12. The van der Waals surface area contributed by atoms with Crippen LogP contribution in [0.25, 0.3) is 0 Å². The zero-order chi connectivity index (χ0) is 17.8. The fourth-order valence-electron chi connectivity index (χ4n) is 2.80. The maximum Gasteiger partial charge on any atom is 0.0233 e. The number of likely N-dealkylation sites (tertiary alicyclic amines) is 1. The highest BCUT2D eigenvalue weighted by molar-refractivity contribution is 5.17. The summed E-state index contributed by atoms with van der Waals surface area (Å²) in [4.78, 5) is 2.56. The van der Waals surface area contributed by atoms with Crippen molar-refractivity contribution < 1.29 is 0 Å². The van der Waals surface area contributed by atoms with Gasteiger partial charge in [0, 0.05) is 19.1 Å². The standard InChI is InChI=1S/C20H30N2.C2H6/c1-17(2)9-10-18(3)15-21-20-11-13-22(14-12-20)16-19-7-5-4-6-8-19;1-2/h4-10,17,20-21H,3,11-16H2,1-2H3;1-2H3/b10-9-;. The van der Waals surface area contributed by atoms with Gasteiger partial charge in [-0.2, -0.15) is 0 Å². The van der Waals surface area contributed by atoms with E-state index < -0.39 is 0 Å². The molecule has 2 rings (SSSR count). The fourth-order valence-corrected chi connectivity index (χ4v) is 2.80. The Bertz CT molecular complexity index is 468. The molecule has 24 heavy (non-hydrogen) atoms. The molecule has 0 unspecified atom stereocenters. The van der Waals surface area contributed by atoms with Crippen molar-refractivity contribution in [1.82, 2.24) is 10.2 Å². The quantitative estimate of drug-likeness (QED) is 0.706. The van der Waals surface area contributed by atoms with Crippen LogP contribution in [0.4, 0.5) is 0 Å². The van der Waals surface area contributed by atoms with Gasteiger partial charge in [-0.05, 0) is 43.0 Å². The molecule has 1 aliphatic rings. The van der Waals surface area contributed by atoms with Crippen molar-refractivity contribution in [3.8, 4) is 0 Å². The van der Waals surface area contributed by atoms with E-state index in [4.69, 9.17) is 0 Å². The number of benzene rings is 1. The summed E-state index contributed by atoms with van der Waals surface area (Å²) in [5.74, 6) is 0.595.